The number of likely N-dealkylation sites (tertiary alicyclic amines) is 1. The van der Waals surface area contributed by atoms with Crippen LogP contribution in [0.15, 0.2) is 0 Å². The van der Waals surface area contributed by atoms with Gasteiger partial charge in [0.1, 0.15) is 0 Å². The topological polar surface area (TPSA) is 44.7 Å². The van der Waals surface area contributed by atoms with Crippen LogP contribution < -0.4 is 5.32 Å². The number of hydrogen-bond donors (Lipinski definition) is 2. The summed E-state index contributed by atoms with van der Waals surface area (Å²) in [5, 5.41) is 13.7. The van der Waals surface area contributed by atoms with E-state index in [0.717, 1.165) is 58.3 Å². The molecule has 1 atom stereocenters. The van der Waals surface area contributed by atoms with Gasteiger partial charge in [0.2, 0.25) is 0 Å². The molecule has 0 aromatic heterocycles. The standard InChI is InChI=1S/C15H28N2O2/c1-14(18)4-7-17(8-5-14)11-15(6-9-19-12-15)10-16-13-2-3-13/h13,16,18H,2-12H2,1H3. The predicted molar refractivity (Wildman–Crippen MR) is 75.2 cm³/mol. The summed E-state index contributed by atoms with van der Waals surface area (Å²) >= 11 is 0. The Bertz CT molecular complexity index is 299. The van der Waals surface area contributed by atoms with Crippen LogP contribution in [-0.2, 0) is 4.74 Å². The van der Waals surface area contributed by atoms with E-state index >= 15 is 0 Å². The third-order valence-electron chi connectivity index (χ3n) is 5.02. The second-order valence-electron chi connectivity index (χ2n) is 7.23. The molecule has 1 saturated carbocycles. The summed E-state index contributed by atoms with van der Waals surface area (Å²) in [6.45, 7) is 8.06. The van der Waals surface area contributed by atoms with Gasteiger partial charge >= 0.3 is 0 Å². The average Bonchev–Trinajstić information content (AvgIpc) is 3.10. The first-order chi connectivity index (χ1) is 9.07. The number of hydrogen-bond acceptors (Lipinski definition) is 4. The van der Waals surface area contributed by atoms with Crippen LogP contribution >= 0.6 is 0 Å². The van der Waals surface area contributed by atoms with Crippen molar-refractivity contribution in [2.75, 3.05) is 39.4 Å². The molecule has 2 heterocycles. The zero-order valence-electron chi connectivity index (χ0n) is 12.2. The second-order valence-corrected chi connectivity index (χ2v) is 7.23. The average molecular weight is 268 g/mol. The van der Waals surface area contributed by atoms with Crippen molar-refractivity contribution in [3.05, 3.63) is 0 Å². The lowest BCUT2D eigenvalue weighted by atomic mass is 9.84. The third kappa shape index (κ3) is 3.69. The predicted octanol–water partition coefficient (Wildman–Crippen LogP) is 0.992. The molecule has 0 radical (unpaired) electrons. The monoisotopic (exact) mass is 268 g/mol. The van der Waals surface area contributed by atoms with Gasteiger partial charge in [-0.2, -0.15) is 0 Å². The molecule has 0 aromatic rings. The molecule has 4 nitrogen and oxygen atoms in total. The highest BCUT2D eigenvalue weighted by Crippen LogP contribution is 2.32. The van der Waals surface area contributed by atoms with Gasteiger partial charge in [0.05, 0.1) is 12.2 Å². The van der Waals surface area contributed by atoms with Gasteiger partial charge in [-0.3, -0.25) is 0 Å². The van der Waals surface area contributed by atoms with E-state index in [2.05, 4.69) is 10.2 Å². The van der Waals surface area contributed by atoms with E-state index < -0.39 is 5.60 Å². The minimum absolute atomic E-state index is 0.311. The molecule has 3 fully saturated rings. The van der Waals surface area contributed by atoms with Gasteiger partial charge in [-0.1, -0.05) is 0 Å². The van der Waals surface area contributed by atoms with Crippen molar-refractivity contribution < 1.29 is 9.84 Å². The summed E-state index contributed by atoms with van der Waals surface area (Å²) in [5.74, 6) is 0. The first kappa shape index (κ1) is 13.8. The first-order valence-electron chi connectivity index (χ1n) is 7.83. The quantitative estimate of drug-likeness (QED) is 0.780. The number of aliphatic hydroxyl groups is 1. The maximum atomic E-state index is 10.0. The Balaban J connectivity index is 1.52. The molecule has 0 amide bonds. The van der Waals surface area contributed by atoms with E-state index in [0.29, 0.717) is 5.41 Å². The minimum Gasteiger partial charge on any atom is -0.390 e. The molecule has 3 aliphatic rings. The Morgan fingerprint density at radius 3 is 2.58 bits per heavy atom. The summed E-state index contributed by atoms with van der Waals surface area (Å²) in [7, 11) is 0. The molecule has 0 aromatic carbocycles. The lowest BCUT2D eigenvalue weighted by Crippen LogP contribution is -2.50. The van der Waals surface area contributed by atoms with Crippen molar-refractivity contribution in [1.82, 2.24) is 10.2 Å². The fourth-order valence-corrected chi connectivity index (χ4v) is 3.29. The molecule has 2 N–H and O–H groups in total. The fraction of sp³-hybridized carbons (Fsp3) is 1.00. The van der Waals surface area contributed by atoms with E-state index in [1.807, 2.05) is 6.92 Å². The van der Waals surface area contributed by atoms with Crippen LogP contribution in [0.3, 0.4) is 0 Å². The number of rotatable bonds is 5. The van der Waals surface area contributed by atoms with Gasteiger partial charge in [0, 0.05) is 44.2 Å². The van der Waals surface area contributed by atoms with Gasteiger partial charge in [0.25, 0.3) is 0 Å². The molecule has 1 unspecified atom stereocenters. The van der Waals surface area contributed by atoms with Crippen LogP contribution in [0.25, 0.3) is 0 Å². The number of piperidine rings is 1. The van der Waals surface area contributed by atoms with Gasteiger partial charge < -0.3 is 20.1 Å². The molecule has 110 valence electrons. The summed E-state index contributed by atoms with van der Waals surface area (Å²) in [4.78, 5) is 2.53. The van der Waals surface area contributed by atoms with Crippen molar-refractivity contribution >= 4 is 0 Å². The van der Waals surface area contributed by atoms with Crippen LogP contribution in [0.1, 0.15) is 39.0 Å². The van der Waals surface area contributed by atoms with Gasteiger partial charge in [-0.25, -0.2) is 0 Å². The van der Waals surface area contributed by atoms with E-state index in [1.54, 1.807) is 0 Å². The van der Waals surface area contributed by atoms with Gasteiger partial charge in [0.15, 0.2) is 0 Å². The summed E-state index contributed by atoms with van der Waals surface area (Å²) < 4.78 is 5.68. The number of nitrogens with zero attached hydrogens (tertiary/aromatic N) is 1. The fourth-order valence-electron chi connectivity index (χ4n) is 3.29. The molecule has 19 heavy (non-hydrogen) atoms. The highest BCUT2D eigenvalue weighted by atomic mass is 16.5. The summed E-state index contributed by atoms with van der Waals surface area (Å²) in [5.41, 5.74) is -0.131. The summed E-state index contributed by atoms with van der Waals surface area (Å²) in [6.07, 6.45) is 5.69. The maximum absolute atomic E-state index is 10.0. The number of ether oxygens (including phenoxy) is 1. The van der Waals surface area contributed by atoms with Crippen LogP contribution in [0, 0.1) is 5.41 Å². The zero-order valence-corrected chi connectivity index (χ0v) is 12.2. The first-order valence-corrected chi connectivity index (χ1v) is 7.83. The lowest BCUT2D eigenvalue weighted by Gasteiger charge is -2.40. The van der Waals surface area contributed by atoms with Gasteiger partial charge in [-0.15, -0.1) is 0 Å². The van der Waals surface area contributed by atoms with E-state index in [1.165, 1.54) is 19.3 Å². The minimum atomic E-state index is -0.442. The van der Waals surface area contributed by atoms with Crippen molar-refractivity contribution in [3.8, 4) is 0 Å². The van der Waals surface area contributed by atoms with Crippen LogP contribution in [0.4, 0.5) is 0 Å². The van der Waals surface area contributed by atoms with Gasteiger partial charge in [-0.05, 0) is 39.0 Å². The van der Waals surface area contributed by atoms with E-state index in [-0.39, 0.29) is 0 Å². The number of nitrogens with one attached hydrogen (secondary N) is 1. The second kappa shape index (κ2) is 5.32. The molecular weight excluding hydrogens is 240 g/mol. The highest BCUT2D eigenvalue weighted by Gasteiger charge is 2.39. The molecule has 2 aliphatic heterocycles. The highest BCUT2D eigenvalue weighted by molar-refractivity contribution is 4.93. The van der Waals surface area contributed by atoms with E-state index in [4.69, 9.17) is 4.74 Å². The smallest absolute Gasteiger partial charge is 0.0644 e. The Morgan fingerprint density at radius 1 is 1.26 bits per heavy atom. The molecule has 1 aliphatic carbocycles. The Labute approximate surface area is 116 Å². The summed E-state index contributed by atoms with van der Waals surface area (Å²) in [6, 6.07) is 0.777. The maximum Gasteiger partial charge on any atom is 0.0644 e. The lowest BCUT2D eigenvalue weighted by molar-refractivity contribution is -0.0169. The normalized spacial score (nSPS) is 35.7. The molecular formula is C15H28N2O2. The Kier molecular flexibility index (Phi) is 3.87. The van der Waals surface area contributed by atoms with Crippen molar-refractivity contribution in [1.29, 1.82) is 0 Å². The molecule has 0 spiro atoms. The molecule has 3 rings (SSSR count). The largest absolute Gasteiger partial charge is 0.390 e. The molecule has 2 saturated heterocycles. The van der Waals surface area contributed by atoms with Crippen LogP contribution in [0.2, 0.25) is 0 Å². The SMILES string of the molecule is CC1(O)CCN(CC2(CNC3CC3)CCOC2)CC1. The molecule has 4 heteroatoms. The van der Waals surface area contributed by atoms with E-state index in [9.17, 15) is 5.11 Å². The van der Waals surface area contributed by atoms with Crippen LogP contribution in [0.5, 0.6) is 0 Å². The molecule has 0 bridgehead atoms. The van der Waals surface area contributed by atoms with Crippen molar-refractivity contribution in [2.45, 2.75) is 50.7 Å². The Hall–Kier alpha value is -0.160. The Morgan fingerprint density at radius 2 is 2.00 bits per heavy atom. The van der Waals surface area contributed by atoms with Crippen molar-refractivity contribution in [3.63, 3.8) is 0 Å². The zero-order chi connectivity index (χ0) is 13.3. The van der Waals surface area contributed by atoms with Crippen LogP contribution in [-0.4, -0.2) is 61.0 Å². The third-order valence-corrected chi connectivity index (χ3v) is 5.02. The van der Waals surface area contributed by atoms with Crippen molar-refractivity contribution in [2.24, 2.45) is 5.41 Å².